The summed E-state index contributed by atoms with van der Waals surface area (Å²) in [6, 6.07) is 4.43. The molecule has 0 saturated heterocycles. The zero-order valence-corrected chi connectivity index (χ0v) is 26.8. The molecule has 46 heavy (non-hydrogen) atoms. The Morgan fingerprint density at radius 2 is 1.80 bits per heavy atom. The number of carbonyl (C=O) groups excluding carboxylic acids is 2. The van der Waals surface area contributed by atoms with Gasteiger partial charge in [-0.1, -0.05) is 0 Å². The molecule has 0 aliphatic carbocycles. The molecule has 11 nitrogen and oxygen atoms in total. The van der Waals surface area contributed by atoms with E-state index in [0.717, 1.165) is 24.4 Å². The number of ether oxygens (including phenoxy) is 2. The lowest BCUT2D eigenvalue weighted by Crippen LogP contribution is -2.62. The van der Waals surface area contributed by atoms with Gasteiger partial charge in [-0.15, -0.1) is 0 Å². The van der Waals surface area contributed by atoms with Crippen molar-refractivity contribution in [1.82, 2.24) is 15.3 Å². The van der Waals surface area contributed by atoms with Crippen molar-refractivity contribution in [2.24, 2.45) is 9.36 Å². The van der Waals surface area contributed by atoms with Gasteiger partial charge in [-0.3, -0.25) is 15.1 Å². The Balaban J connectivity index is 1.66. The number of nitrogens with one attached hydrogen (secondary N) is 2. The van der Waals surface area contributed by atoms with Gasteiger partial charge in [-0.05, 0) is 78.6 Å². The SMILES string of the molecule is CC(C)(C)OC(=O)NC1=N[C@](C)(c2nc(NC(=O)c3ccc(OCC(F)(F)C(F)F)cn3)ccc2F)[C@H]2CCCN=[S@]2(=O)C1(C)C. The number of amides is 2. The number of anilines is 1. The number of hydrogen-bond acceptors (Lipinski definition) is 9. The molecule has 0 aromatic carbocycles. The Morgan fingerprint density at radius 1 is 1.11 bits per heavy atom. The van der Waals surface area contributed by atoms with Crippen molar-refractivity contribution in [1.29, 1.82) is 0 Å². The molecule has 0 bridgehead atoms. The van der Waals surface area contributed by atoms with Gasteiger partial charge in [0.25, 0.3) is 5.91 Å². The number of amidine groups is 1. The fourth-order valence-corrected chi connectivity index (χ4v) is 8.35. The van der Waals surface area contributed by atoms with E-state index < -0.39 is 67.6 Å². The molecule has 0 unspecified atom stereocenters. The van der Waals surface area contributed by atoms with Crippen LogP contribution >= 0.6 is 0 Å². The molecular formula is C29H35F5N6O5S. The molecule has 252 valence electrons. The third-order valence-electron chi connectivity index (χ3n) is 7.47. The Bertz CT molecular complexity index is 1650. The molecule has 2 amide bonds. The summed E-state index contributed by atoms with van der Waals surface area (Å²) in [6.45, 7) is 8.55. The lowest BCUT2D eigenvalue weighted by Gasteiger charge is -2.48. The summed E-state index contributed by atoms with van der Waals surface area (Å²) in [6.07, 6.45) is -2.94. The zero-order chi connectivity index (χ0) is 34.3. The minimum Gasteiger partial charge on any atom is -0.485 e. The third kappa shape index (κ3) is 6.93. The van der Waals surface area contributed by atoms with Crippen LogP contribution in [0.1, 0.15) is 70.6 Å². The molecule has 2 N–H and O–H groups in total. The van der Waals surface area contributed by atoms with Crippen LogP contribution in [0.4, 0.5) is 32.6 Å². The van der Waals surface area contributed by atoms with Gasteiger partial charge in [0.1, 0.15) is 50.5 Å². The third-order valence-corrected chi connectivity index (χ3v) is 11.2. The second kappa shape index (κ2) is 12.4. The van der Waals surface area contributed by atoms with Crippen LogP contribution in [0, 0.1) is 5.82 Å². The minimum absolute atomic E-state index is 0.0235. The average molecular weight is 675 g/mol. The van der Waals surface area contributed by atoms with E-state index >= 15 is 4.39 Å². The smallest absolute Gasteiger partial charge is 0.413 e. The lowest BCUT2D eigenvalue weighted by molar-refractivity contribution is -0.148. The van der Waals surface area contributed by atoms with Crippen molar-refractivity contribution in [3.8, 4) is 5.75 Å². The number of aromatic nitrogens is 2. The van der Waals surface area contributed by atoms with Crippen molar-refractivity contribution in [3.63, 3.8) is 0 Å². The van der Waals surface area contributed by atoms with Gasteiger partial charge in [0, 0.05) is 6.54 Å². The highest BCUT2D eigenvalue weighted by Crippen LogP contribution is 2.47. The fourth-order valence-electron chi connectivity index (χ4n) is 5.09. The van der Waals surface area contributed by atoms with E-state index in [0.29, 0.717) is 19.4 Å². The van der Waals surface area contributed by atoms with Crippen molar-refractivity contribution >= 4 is 33.4 Å². The average Bonchev–Trinajstić information content (AvgIpc) is 2.95. The topological polar surface area (TPSA) is 144 Å². The Morgan fingerprint density at radius 3 is 2.41 bits per heavy atom. The molecule has 17 heteroatoms. The van der Waals surface area contributed by atoms with Gasteiger partial charge in [0.2, 0.25) is 0 Å². The second-order valence-electron chi connectivity index (χ2n) is 12.5. The fraction of sp³-hybridized carbons (Fsp3) is 0.552. The molecule has 2 aromatic rings. The van der Waals surface area contributed by atoms with Crippen molar-refractivity contribution < 1.29 is 45.2 Å². The first kappa shape index (κ1) is 35.0. The van der Waals surface area contributed by atoms with Gasteiger partial charge in [0.05, 0.1) is 21.2 Å². The van der Waals surface area contributed by atoms with Gasteiger partial charge < -0.3 is 14.8 Å². The molecule has 3 atom stereocenters. The summed E-state index contributed by atoms with van der Waals surface area (Å²) in [7, 11) is -3.20. The van der Waals surface area contributed by atoms with Crippen LogP contribution in [0.2, 0.25) is 0 Å². The number of fused-ring (bicyclic) bond motifs is 1. The first-order valence-electron chi connectivity index (χ1n) is 14.2. The summed E-state index contributed by atoms with van der Waals surface area (Å²) in [5.74, 6) is -6.43. The summed E-state index contributed by atoms with van der Waals surface area (Å²) < 4.78 is 94.6. The number of carbonyl (C=O) groups is 2. The van der Waals surface area contributed by atoms with Gasteiger partial charge in [-0.25, -0.2) is 36.5 Å². The van der Waals surface area contributed by atoms with Crippen LogP contribution in [0.3, 0.4) is 0 Å². The molecule has 2 aromatic heterocycles. The maximum absolute atomic E-state index is 15.6. The van der Waals surface area contributed by atoms with E-state index in [1.807, 2.05) is 0 Å². The lowest BCUT2D eigenvalue weighted by atomic mass is 9.89. The van der Waals surface area contributed by atoms with E-state index in [9.17, 15) is 31.4 Å². The highest BCUT2D eigenvalue weighted by Gasteiger charge is 2.57. The Hall–Kier alpha value is -3.89. The van der Waals surface area contributed by atoms with Gasteiger partial charge in [0.15, 0.2) is 6.61 Å². The summed E-state index contributed by atoms with van der Waals surface area (Å²) in [5.41, 5.74) is -2.93. The first-order chi connectivity index (χ1) is 21.2. The van der Waals surface area contributed by atoms with Crippen LogP contribution in [-0.2, 0) is 20.0 Å². The molecular weight excluding hydrogens is 639 g/mol. The largest absolute Gasteiger partial charge is 0.485 e. The van der Waals surface area contributed by atoms with Crippen LogP contribution < -0.4 is 15.4 Å². The molecule has 0 saturated carbocycles. The summed E-state index contributed by atoms with van der Waals surface area (Å²) in [4.78, 5) is 38.6. The normalized spacial score (nSPS) is 24.3. The maximum atomic E-state index is 15.6. The predicted octanol–water partition coefficient (Wildman–Crippen LogP) is 5.71. The number of aliphatic imine (C=N–C) groups is 1. The van der Waals surface area contributed by atoms with Crippen molar-refractivity contribution in [2.45, 2.75) is 87.9 Å². The maximum Gasteiger partial charge on any atom is 0.413 e. The molecule has 2 aliphatic rings. The van der Waals surface area contributed by atoms with E-state index in [1.165, 1.54) is 6.07 Å². The second-order valence-corrected chi connectivity index (χ2v) is 15.5. The zero-order valence-electron chi connectivity index (χ0n) is 26.0. The van der Waals surface area contributed by atoms with Gasteiger partial charge in [-0.2, -0.15) is 8.78 Å². The molecule has 0 fully saturated rings. The standard InChI is InChI=1S/C29H35F5N6O5S/c1-26(2,3)45-25(42)39-24-27(4,5)46(43)19(8-7-13-36-46)28(6,40-24)21-17(30)10-12-20(37-21)38-22(41)18-11-9-16(14-35-18)44-15-29(33,34)23(31)32/h9-12,14,19,23H,7-8,13,15H2,1-6H3,(H,37,38,41)(H,39,40,42)/t19-,28+,46-/m1/s1. The van der Waals surface area contributed by atoms with Crippen LogP contribution in [0.25, 0.3) is 0 Å². The van der Waals surface area contributed by atoms with Crippen LogP contribution in [0.5, 0.6) is 5.75 Å². The van der Waals surface area contributed by atoms with Crippen molar-refractivity contribution in [3.05, 3.63) is 47.7 Å². The quantitative estimate of drug-likeness (QED) is 0.358. The van der Waals surface area contributed by atoms with Crippen LogP contribution in [-0.4, -0.2) is 73.1 Å². The number of nitrogens with zero attached hydrogens (tertiary/aromatic N) is 4. The number of halogens is 5. The monoisotopic (exact) mass is 674 g/mol. The molecule has 4 heterocycles. The number of pyridine rings is 2. The number of alkyl carbamates (subject to hydrolysis) is 1. The Labute approximate surface area is 263 Å². The van der Waals surface area contributed by atoms with E-state index in [2.05, 4.69) is 29.7 Å². The number of rotatable bonds is 7. The molecule has 4 rings (SSSR count). The highest BCUT2D eigenvalue weighted by atomic mass is 32.2. The van der Waals surface area contributed by atoms with Gasteiger partial charge >= 0.3 is 18.4 Å². The molecule has 0 radical (unpaired) electrons. The predicted molar refractivity (Wildman–Crippen MR) is 160 cm³/mol. The van der Waals surface area contributed by atoms with E-state index in [-0.39, 0.29) is 28.8 Å². The number of hydrogen-bond donors (Lipinski definition) is 2. The van der Waals surface area contributed by atoms with E-state index in [1.54, 1.807) is 41.5 Å². The minimum atomic E-state index is -4.37. The summed E-state index contributed by atoms with van der Waals surface area (Å²) >= 11 is 0. The highest BCUT2D eigenvalue weighted by molar-refractivity contribution is 7.96. The molecule has 2 aliphatic heterocycles. The summed E-state index contributed by atoms with van der Waals surface area (Å²) in [5, 5.41) is 4.25. The van der Waals surface area contributed by atoms with E-state index in [4.69, 9.17) is 9.73 Å². The first-order valence-corrected chi connectivity index (χ1v) is 15.8. The van der Waals surface area contributed by atoms with Crippen LogP contribution in [0.15, 0.2) is 39.8 Å². The molecule has 0 spiro atoms. The Kier molecular flexibility index (Phi) is 9.41. The number of alkyl halides is 4. The van der Waals surface area contributed by atoms with Crippen molar-refractivity contribution in [2.75, 3.05) is 18.5 Å².